The second kappa shape index (κ2) is 6.81. The lowest BCUT2D eigenvalue weighted by molar-refractivity contribution is -0.130. The summed E-state index contributed by atoms with van der Waals surface area (Å²) in [6, 6.07) is 7.62. The molecule has 0 saturated carbocycles. The molecule has 6 nitrogen and oxygen atoms in total. The normalized spacial score (nSPS) is 17.7. The van der Waals surface area contributed by atoms with Gasteiger partial charge in [-0.3, -0.25) is 4.79 Å². The monoisotopic (exact) mass is 315 g/mol. The van der Waals surface area contributed by atoms with Gasteiger partial charge in [0.2, 0.25) is 11.8 Å². The summed E-state index contributed by atoms with van der Waals surface area (Å²) in [4.78, 5) is 18.5. The molecule has 2 heterocycles. The van der Waals surface area contributed by atoms with E-state index >= 15 is 0 Å². The first-order valence-corrected chi connectivity index (χ1v) is 7.96. The second-order valence-electron chi connectivity index (χ2n) is 5.73. The van der Waals surface area contributed by atoms with Crippen LogP contribution in [0.25, 0.3) is 0 Å². The van der Waals surface area contributed by atoms with Gasteiger partial charge in [-0.05, 0) is 30.5 Å². The molecule has 23 heavy (non-hydrogen) atoms. The minimum atomic E-state index is -0.133. The number of benzene rings is 1. The number of amides is 1. The fraction of sp³-hybridized carbons (Fsp3) is 0.471. The highest BCUT2D eigenvalue weighted by atomic mass is 16.5. The second-order valence-corrected chi connectivity index (χ2v) is 5.73. The Labute approximate surface area is 135 Å². The van der Waals surface area contributed by atoms with Gasteiger partial charge in [0.25, 0.3) is 0 Å². The predicted octanol–water partition coefficient (Wildman–Crippen LogP) is 2.89. The molecule has 0 spiro atoms. The van der Waals surface area contributed by atoms with Gasteiger partial charge in [0.1, 0.15) is 11.8 Å². The van der Waals surface area contributed by atoms with Crippen molar-refractivity contribution in [2.75, 3.05) is 7.11 Å². The third-order valence-electron chi connectivity index (χ3n) is 4.06. The van der Waals surface area contributed by atoms with Crippen LogP contribution in [0.4, 0.5) is 0 Å². The largest absolute Gasteiger partial charge is 0.497 e. The lowest BCUT2D eigenvalue weighted by Gasteiger charge is -2.22. The highest BCUT2D eigenvalue weighted by Crippen LogP contribution is 2.33. The van der Waals surface area contributed by atoms with Gasteiger partial charge in [-0.15, -0.1) is 0 Å². The van der Waals surface area contributed by atoms with Crippen molar-refractivity contribution in [1.82, 2.24) is 15.0 Å². The Kier molecular flexibility index (Phi) is 4.60. The number of methoxy groups -OCH3 is 1. The minimum absolute atomic E-state index is 0.119. The third kappa shape index (κ3) is 3.36. The Hall–Kier alpha value is -2.37. The van der Waals surface area contributed by atoms with Crippen molar-refractivity contribution in [2.24, 2.45) is 0 Å². The minimum Gasteiger partial charge on any atom is -0.497 e. The van der Waals surface area contributed by atoms with Gasteiger partial charge in [-0.25, -0.2) is 0 Å². The molecule has 0 bridgehead atoms. The van der Waals surface area contributed by atoms with Crippen molar-refractivity contribution in [3.05, 3.63) is 41.5 Å². The van der Waals surface area contributed by atoms with Crippen molar-refractivity contribution in [1.29, 1.82) is 0 Å². The molecule has 1 saturated heterocycles. The Bertz CT molecular complexity index is 683. The Morgan fingerprint density at radius 3 is 3.09 bits per heavy atom. The van der Waals surface area contributed by atoms with E-state index in [2.05, 4.69) is 17.1 Å². The summed E-state index contributed by atoms with van der Waals surface area (Å²) in [6.07, 6.45) is 2.99. The number of carbonyl (C=O) groups excluding carboxylic acids is 1. The average Bonchev–Trinajstić information content (AvgIpc) is 3.16. The molecule has 1 fully saturated rings. The van der Waals surface area contributed by atoms with E-state index in [1.807, 2.05) is 29.2 Å². The molecule has 6 heteroatoms. The quantitative estimate of drug-likeness (QED) is 0.820. The first-order valence-electron chi connectivity index (χ1n) is 7.96. The van der Waals surface area contributed by atoms with E-state index in [1.165, 1.54) is 0 Å². The standard InChI is InChI=1S/C17H21N3O3/c1-3-5-15-18-17(23-19-15)14-8-9-16(21)20(14)11-12-6-4-7-13(10-12)22-2/h4,6-7,10,14H,3,5,8-9,11H2,1-2H3. The maximum atomic E-state index is 12.3. The zero-order valence-electron chi connectivity index (χ0n) is 13.5. The van der Waals surface area contributed by atoms with Crippen LogP contribution in [0.3, 0.4) is 0 Å². The SMILES string of the molecule is CCCc1noc(C2CCC(=O)N2Cc2cccc(OC)c2)n1. The predicted molar refractivity (Wildman–Crippen MR) is 83.8 cm³/mol. The summed E-state index contributed by atoms with van der Waals surface area (Å²) < 4.78 is 10.6. The van der Waals surface area contributed by atoms with E-state index in [-0.39, 0.29) is 11.9 Å². The van der Waals surface area contributed by atoms with E-state index in [9.17, 15) is 4.79 Å². The zero-order valence-corrected chi connectivity index (χ0v) is 13.5. The molecular weight excluding hydrogens is 294 g/mol. The van der Waals surface area contributed by atoms with Crippen LogP contribution in [0.1, 0.15) is 49.5 Å². The van der Waals surface area contributed by atoms with Crippen molar-refractivity contribution in [3.63, 3.8) is 0 Å². The summed E-state index contributed by atoms with van der Waals surface area (Å²) in [6.45, 7) is 2.59. The van der Waals surface area contributed by atoms with Crippen molar-refractivity contribution >= 4 is 5.91 Å². The van der Waals surface area contributed by atoms with Gasteiger partial charge in [0.05, 0.1) is 7.11 Å². The van der Waals surface area contributed by atoms with Crippen molar-refractivity contribution < 1.29 is 14.1 Å². The summed E-state index contributed by atoms with van der Waals surface area (Å²) in [5.41, 5.74) is 1.03. The number of ether oxygens (including phenoxy) is 1. The molecule has 0 aliphatic carbocycles. The van der Waals surface area contributed by atoms with E-state index in [4.69, 9.17) is 9.26 Å². The first kappa shape index (κ1) is 15.5. The van der Waals surface area contributed by atoms with Gasteiger partial charge in [-0.2, -0.15) is 4.98 Å². The highest BCUT2D eigenvalue weighted by Gasteiger charge is 2.35. The number of rotatable bonds is 6. The molecule has 1 unspecified atom stereocenters. The van der Waals surface area contributed by atoms with Crippen LogP contribution in [0.5, 0.6) is 5.75 Å². The number of carbonyl (C=O) groups is 1. The van der Waals surface area contributed by atoms with Crippen LogP contribution in [0.15, 0.2) is 28.8 Å². The number of nitrogens with zero attached hydrogens (tertiary/aromatic N) is 3. The Morgan fingerprint density at radius 2 is 2.30 bits per heavy atom. The van der Waals surface area contributed by atoms with Gasteiger partial charge < -0.3 is 14.2 Å². The van der Waals surface area contributed by atoms with Crippen LogP contribution in [-0.2, 0) is 17.8 Å². The number of likely N-dealkylation sites (tertiary alicyclic amines) is 1. The lowest BCUT2D eigenvalue weighted by Crippen LogP contribution is -2.27. The maximum absolute atomic E-state index is 12.3. The van der Waals surface area contributed by atoms with Crippen LogP contribution >= 0.6 is 0 Å². The Balaban J connectivity index is 1.78. The molecule has 3 rings (SSSR count). The number of hydrogen-bond acceptors (Lipinski definition) is 5. The van der Waals surface area contributed by atoms with Gasteiger partial charge in [0, 0.05) is 19.4 Å². The van der Waals surface area contributed by atoms with E-state index in [0.29, 0.717) is 24.7 Å². The topological polar surface area (TPSA) is 68.5 Å². The zero-order chi connectivity index (χ0) is 16.2. The van der Waals surface area contributed by atoms with Crippen LogP contribution in [0.2, 0.25) is 0 Å². The van der Waals surface area contributed by atoms with Crippen LogP contribution in [0, 0.1) is 0 Å². The molecule has 1 aliphatic rings. The Morgan fingerprint density at radius 1 is 1.43 bits per heavy atom. The molecule has 1 aliphatic heterocycles. The highest BCUT2D eigenvalue weighted by molar-refractivity contribution is 5.78. The molecular formula is C17H21N3O3. The molecule has 2 aromatic rings. The number of aromatic nitrogens is 2. The summed E-state index contributed by atoms with van der Waals surface area (Å²) >= 11 is 0. The molecule has 1 aromatic heterocycles. The molecule has 1 amide bonds. The molecule has 0 radical (unpaired) electrons. The van der Waals surface area contributed by atoms with E-state index in [0.717, 1.165) is 30.6 Å². The van der Waals surface area contributed by atoms with E-state index < -0.39 is 0 Å². The number of hydrogen-bond donors (Lipinski definition) is 0. The third-order valence-corrected chi connectivity index (χ3v) is 4.06. The smallest absolute Gasteiger partial charge is 0.249 e. The fourth-order valence-corrected chi connectivity index (χ4v) is 2.88. The average molecular weight is 315 g/mol. The van der Waals surface area contributed by atoms with Gasteiger partial charge >= 0.3 is 0 Å². The van der Waals surface area contributed by atoms with Gasteiger partial charge in [-0.1, -0.05) is 24.2 Å². The first-order chi connectivity index (χ1) is 11.2. The van der Waals surface area contributed by atoms with Crippen LogP contribution < -0.4 is 4.74 Å². The number of aryl methyl sites for hydroxylation is 1. The van der Waals surface area contributed by atoms with Crippen molar-refractivity contribution in [2.45, 2.75) is 45.2 Å². The lowest BCUT2D eigenvalue weighted by atomic mass is 10.1. The molecule has 0 N–H and O–H groups in total. The van der Waals surface area contributed by atoms with Crippen LogP contribution in [-0.4, -0.2) is 28.1 Å². The summed E-state index contributed by atoms with van der Waals surface area (Å²) in [5.74, 6) is 2.16. The summed E-state index contributed by atoms with van der Waals surface area (Å²) in [5, 5.41) is 4.00. The van der Waals surface area contributed by atoms with E-state index in [1.54, 1.807) is 7.11 Å². The molecule has 1 aromatic carbocycles. The fourth-order valence-electron chi connectivity index (χ4n) is 2.88. The van der Waals surface area contributed by atoms with Crippen molar-refractivity contribution in [3.8, 4) is 5.75 Å². The molecule has 122 valence electrons. The molecule has 1 atom stereocenters. The summed E-state index contributed by atoms with van der Waals surface area (Å²) in [7, 11) is 1.64. The maximum Gasteiger partial charge on any atom is 0.249 e. The van der Waals surface area contributed by atoms with Gasteiger partial charge in [0.15, 0.2) is 5.82 Å².